The van der Waals surface area contributed by atoms with Crippen molar-refractivity contribution in [1.82, 2.24) is 14.9 Å². The number of aryl methyl sites for hydroxylation is 1. The van der Waals surface area contributed by atoms with E-state index in [1.165, 1.54) is 4.90 Å². The van der Waals surface area contributed by atoms with Gasteiger partial charge in [0.1, 0.15) is 17.6 Å². The zero-order chi connectivity index (χ0) is 22.0. The van der Waals surface area contributed by atoms with Crippen LogP contribution in [0.3, 0.4) is 0 Å². The number of aliphatic hydroxyl groups is 1. The van der Waals surface area contributed by atoms with Gasteiger partial charge >= 0.3 is 0 Å². The predicted octanol–water partition coefficient (Wildman–Crippen LogP) is 3.42. The summed E-state index contributed by atoms with van der Waals surface area (Å²) >= 11 is 0. The monoisotopic (exact) mass is 415 g/mol. The number of amides is 1. The van der Waals surface area contributed by atoms with Gasteiger partial charge in [0.05, 0.1) is 18.4 Å². The van der Waals surface area contributed by atoms with Gasteiger partial charge in [0.25, 0.3) is 11.7 Å². The molecule has 0 saturated carbocycles. The highest BCUT2D eigenvalue weighted by Gasteiger charge is 2.46. The van der Waals surface area contributed by atoms with Crippen molar-refractivity contribution in [1.29, 1.82) is 0 Å². The van der Waals surface area contributed by atoms with Crippen molar-refractivity contribution in [2.45, 2.75) is 19.5 Å². The van der Waals surface area contributed by atoms with Gasteiger partial charge in [-0.3, -0.25) is 19.6 Å². The van der Waals surface area contributed by atoms with Crippen LogP contribution in [0.5, 0.6) is 5.75 Å². The van der Waals surface area contributed by atoms with Gasteiger partial charge in [-0.2, -0.15) is 0 Å². The molecule has 3 heterocycles. The summed E-state index contributed by atoms with van der Waals surface area (Å²) in [7, 11) is 1.56. The minimum absolute atomic E-state index is 0.0113. The molecule has 1 atom stereocenters. The van der Waals surface area contributed by atoms with E-state index in [0.29, 0.717) is 17.0 Å². The fourth-order valence-electron chi connectivity index (χ4n) is 3.76. The van der Waals surface area contributed by atoms with E-state index in [-0.39, 0.29) is 17.9 Å². The van der Waals surface area contributed by atoms with Crippen LogP contribution < -0.4 is 4.74 Å². The summed E-state index contributed by atoms with van der Waals surface area (Å²) in [6, 6.07) is 13.1. The van der Waals surface area contributed by atoms with Crippen LogP contribution in [-0.2, 0) is 16.1 Å². The highest BCUT2D eigenvalue weighted by Crippen LogP contribution is 2.39. The molecule has 0 bridgehead atoms. The Kier molecular flexibility index (Phi) is 5.49. The van der Waals surface area contributed by atoms with Crippen LogP contribution in [-0.4, -0.2) is 38.8 Å². The first-order chi connectivity index (χ1) is 15.0. The number of carbonyl (C=O) groups excluding carboxylic acids is 2. The fourth-order valence-corrected chi connectivity index (χ4v) is 3.76. The van der Waals surface area contributed by atoms with Crippen molar-refractivity contribution in [3.05, 3.63) is 95.1 Å². The minimum atomic E-state index is -0.816. The number of ketones is 1. The summed E-state index contributed by atoms with van der Waals surface area (Å²) < 4.78 is 5.27. The number of likely N-dealkylation sites (tertiary alicyclic amines) is 1. The van der Waals surface area contributed by atoms with E-state index in [9.17, 15) is 14.7 Å². The lowest BCUT2D eigenvalue weighted by atomic mass is 9.97. The maximum absolute atomic E-state index is 13.0. The zero-order valence-corrected chi connectivity index (χ0v) is 17.1. The summed E-state index contributed by atoms with van der Waals surface area (Å²) in [4.78, 5) is 35.9. The molecule has 31 heavy (non-hydrogen) atoms. The Balaban J connectivity index is 1.85. The van der Waals surface area contributed by atoms with Gasteiger partial charge in [0, 0.05) is 30.7 Å². The molecule has 1 saturated heterocycles. The molecule has 0 radical (unpaired) electrons. The van der Waals surface area contributed by atoms with Gasteiger partial charge in [-0.05, 0) is 54.4 Å². The molecule has 1 aromatic carbocycles. The molecule has 1 fully saturated rings. The van der Waals surface area contributed by atoms with Crippen LogP contribution in [0.25, 0.3) is 5.76 Å². The van der Waals surface area contributed by atoms with Gasteiger partial charge in [0.15, 0.2) is 0 Å². The maximum Gasteiger partial charge on any atom is 0.296 e. The summed E-state index contributed by atoms with van der Waals surface area (Å²) in [5, 5.41) is 11.1. The molecular weight excluding hydrogens is 394 g/mol. The molecule has 0 unspecified atom stereocenters. The number of Topliss-reactive ketones (excluding diaryl/α,β-unsaturated/α-hetero) is 1. The summed E-state index contributed by atoms with van der Waals surface area (Å²) in [5.41, 5.74) is 2.50. The molecule has 0 aliphatic carbocycles. The van der Waals surface area contributed by atoms with Crippen LogP contribution in [0.2, 0.25) is 0 Å². The number of rotatable bonds is 5. The smallest absolute Gasteiger partial charge is 0.296 e. The summed E-state index contributed by atoms with van der Waals surface area (Å²) in [5.74, 6) is -1.01. The molecule has 7 nitrogen and oxygen atoms in total. The summed E-state index contributed by atoms with van der Waals surface area (Å²) in [6.45, 7) is 2.00. The first kappa shape index (κ1) is 20.3. The van der Waals surface area contributed by atoms with E-state index >= 15 is 0 Å². The SMILES string of the molecule is COc1ccc(C(O)=C2C(=O)C(=O)N(Cc3cccnc3)[C@@H]2c2ccccn2)cc1C. The van der Waals surface area contributed by atoms with E-state index in [4.69, 9.17) is 4.74 Å². The van der Waals surface area contributed by atoms with Gasteiger partial charge in [-0.25, -0.2) is 0 Å². The molecular formula is C24H21N3O4. The van der Waals surface area contributed by atoms with Gasteiger partial charge in [0.2, 0.25) is 0 Å². The lowest BCUT2D eigenvalue weighted by Gasteiger charge is -2.24. The highest BCUT2D eigenvalue weighted by atomic mass is 16.5. The third-order valence-electron chi connectivity index (χ3n) is 5.25. The molecule has 1 amide bonds. The Morgan fingerprint density at radius 1 is 1.13 bits per heavy atom. The van der Waals surface area contributed by atoms with E-state index in [0.717, 1.165) is 11.1 Å². The number of pyridine rings is 2. The topological polar surface area (TPSA) is 92.6 Å². The first-order valence-electron chi connectivity index (χ1n) is 9.74. The summed E-state index contributed by atoms with van der Waals surface area (Å²) in [6.07, 6.45) is 4.87. The van der Waals surface area contributed by atoms with Crippen LogP contribution >= 0.6 is 0 Å². The number of ether oxygens (including phenoxy) is 1. The number of carbonyl (C=O) groups is 2. The Bertz CT molecular complexity index is 1160. The molecule has 4 rings (SSSR count). The Morgan fingerprint density at radius 2 is 1.97 bits per heavy atom. The number of hydrogen-bond acceptors (Lipinski definition) is 6. The molecule has 1 aliphatic rings. The molecule has 1 N–H and O–H groups in total. The number of aliphatic hydroxyl groups excluding tert-OH is 1. The molecule has 7 heteroatoms. The van der Waals surface area contributed by atoms with Crippen molar-refractivity contribution < 1.29 is 19.4 Å². The molecule has 1 aliphatic heterocycles. The van der Waals surface area contributed by atoms with Crippen LogP contribution in [0, 0.1) is 6.92 Å². The first-order valence-corrected chi connectivity index (χ1v) is 9.74. The number of benzene rings is 1. The lowest BCUT2D eigenvalue weighted by molar-refractivity contribution is -0.140. The Labute approximate surface area is 179 Å². The average Bonchev–Trinajstić information content (AvgIpc) is 3.04. The zero-order valence-electron chi connectivity index (χ0n) is 17.1. The van der Waals surface area contributed by atoms with Crippen molar-refractivity contribution in [3.8, 4) is 5.75 Å². The molecule has 156 valence electrons. The molecule has 3 aromatic rings. The minimum Gasteiger partial charge on any atom is -0.507 e. The normalized spacial score (nSPS) is 17.7. The van der Waals surface area contributed by atoms with Gasteiger partial charge in [-0.1, -0.05) is 12.1 Å². The van der Waals surface area contributed by atoms with E-state index < -0.39 is 17.7 Å². The largest absolute Gasteiger partial charge is 0.507 e. The number of aromatic nitrogens is 2. The third-order valence-corrected chi connectivity index (χ3v) is 5.25. The van der Waals surface area contributed by atoms with Crippen LogP contribution in [0.15, 0.2) is 72.7 Å². The number of nitrogens with zero attached hydrogens (tertiary/aromatic N) is 3. The van der Waals surface area contributed by atoms with Crippen molar-refractivity contribution in [2.75, 3.05) is 7.11 Å². The molecule has 0 spiro atoms. The second-order valence-electron chi connectivity index (χ2n) is 7.23. The lowest BCUT2D eigenvalue weighted by Crippen LogP contribution is -2.29. The standard InChI is InChI=1S/C24H21N3O4/c1-15-12-17(8-9-19(15)31-2)22(28)20-21(18-7-3-4-11-26-18)27(24(30)23(20)29)14-16-6-5-10-25-13-16/h3-13,21,28H,14H2,1-2H3/t21-/m1/s1. The second kappa shape index (κ2) is 8.39. The van der Waals surface area contributed by atoms with E-state index in [1.807, 2.05) is 13.0 Å². The quantitative estimate of drug-likeness (QED) is 0.390. The Hall–Kier alpha value is -4.00. The fraction of sp³-hybridized carbons (Fsp3) is 0.167. The van der Waals surface area contributed by atoms with E-state index in [2.05, 4.69) is 9.97 Å². The third kappa shape index (κ3) is 3.77. The van der Waals surface area contributed by atoms with E-state index in [1.54, 1.807) is 68.2 Å². The number of hydrogen-bond donors (Lipinski definition) is 1. The predicted molar refractivity (Wildman–Crippen MR) is 114 cm³/mol. The Morgan fingerprint density at radius 3 is 2.61 bits per heavy atom. The van der Waals surface area contributed by atoms with Crippen molar-refractivity contribution in [3.63, 3.8) is 0 Å². The maximum atomic E-state index is 13.0. The highest BCUT2D eigenvalue weighted by molar-refractivity contribution is 6.46. The van der Waals surface area contributed by atoms with Gasteiger partial charge < -0.3 is 14.7 Å². The van der Waals surface area contributed by atoms with Crippen LogP contribution in [0.1, 0.15) is 28.4 Å². The average molecular weight is 415 g/mol. The second-order valence-corrected chi connectivity index (χ2v) is 7.23. The van der Waals surface area contributed by atoms with Crippen LogP contribution in [0.4, 0.5) is 0 Å². The molecule has 2 aromatic heterocycles. The van der Waals surface area contributed by atoms with Crippen molar-refractivity contribution >= 4 is 17.4 Å². The van der Waals surface area contributed by atoms with Crippen molar-refractivity contribution in [2.24, 2.45) is 0 Å². The number of methoxy groups -OCH3 is 1. The van der Waals surface area contributed by atoms with Gasteiger partial charge in [-0.15, -0.1) is 0 Å².